The van der Waals surface area contributed by atoms with Crippen molar-refractivity contribution >= 4 is 11.7 Å². The fraction of sp³-hybridized carbons (Fsp3) is 0.133. The number of halogens is 2. The lowest BCUT2D eigenvalue weighted by Crippen LogP contribution is -2.04. The lowest BCUT2D eigenvalue weighted by Gasteiger charge is -2.12. The predicted molar refractivity (Wildman–Crippen MR) is 73.6 cm³/mol. The SMILES string of the molecule is COc1ccc(C(=O)O)cc1NCc1ccc(F)c(F)c1. The van der Waals surface area contributed by atoms with E-state index in [9.17, 15) is 13.6 Å². The number of rotatable bonds is 5. The summed E-state index contributed by atoms with van der Waals surface area (Å²) >= 11 is 0. The molecule has 0 aromatic heterocycles. The van der Waals surface area contributed by atoms with Gasteiger partial charge in [-0.2, -0.15) is 0 Å². The van der Waals surface area contributed by atoms with E-state index in [1.807, 2.05) is 0 Å². The molecule has 0 saturated heterocycles. The maximum absolute atomic E-state index is 13.1. The number of nitrogens with one attached hydrogen (secondary N) is 1. The van der Waals surface area contributed by atoms with Crippen LogP contribution in [-0.4, -0.2) is 18.2 Å². The van der Waals surface area contributed by atoms with Crippen LogP contribution in [0.3, 0.4) is 0 Å². The van der Waals surface area contributed by atoms with Gasteiger partial charge in [0.15, 0.2) is 11.6 Å². The summed E-state index contributed by atoms with van der Waals surface area (Å²) in [6.07, 6.45) is 0. The van der Waals surface area contributed by atoms with Gasteiger partial charge in [-0.05, 0) is 35.9 Å². The Morgan fingerprint density at radius 2 is 1.95 bits per heavy atom. The second kappa shape index (κ2) is 6.21. The first-order chi connectivity index (χ1) is 10.0. The molecule has 2 aromatic rings. The smallest absolute Gasteiger partial charge is 0.335 e. The van der Waals surface area contributed by atoms with Gasteiger partial charge in [0.05, 0.1) is 18.4 Å². The Bertz CT molecular complexity index is 674. The first-order valence-corrected chi connectivity index (χ1v) is 6.10. The van der Waals surface area contributed by atoms with Crippen LogP contribution in [-0.2, 0) is 6.54 Å². The minimum absolute atomic E-state index is 0.101. The minimum atomic E-state index is -1.06. The molecular formula is C15H13F2NO3. The normalized spacial score (nSPS) is 10.2. The predicted octanol–water partition coefficient (Wildman–Crippen LogP) is 3.28. The third-order valence-electron chi connectivity index (χ3n) is 2.91. The van der Waals surface area contributed by atoms with Gasteiger partial charge in [0, 0.05) is 6.54 Å². The zero-order valence-corrected chi connectivity index (χ0v) is 11.2. The molecule has 0 unspecified atom stereocenters. The summed E-state index contributed by atoms with van der Waals surface area (Å²) in [5.74, 6) is -2.44. The number of ether oxygens (including phenoxy) is 1. The lowest BCUT2D eigenvalue weighted by atomic mass is 10.1. The van der Waals surface area contributed by atoms with Gasteiger partial charge in [-0.1, -0.05) is 6.07 Å². The molecule has 110 valence electrons. The van der Waals surface area contributed by atoms with E-state index in [4.69, 9.17) is 9.84 Å². The molecule has 0 aliphatic heterocycles. The number of aromatic carboxylic acids is 1. The number of hydrogen-bond acceptors (Lipinski definition) is 3. The number of benzene rings is 2. The van der Waals surface area contributed by atoms with Gasteiger partial charge < -0.3 is 15.2 Å². The van der Waals surface area contributed by atoms with Gasteiger partial charge in [-0.15, -0.1) is 0 Å². The summed E-state index contributed by atoms with van der Waals surface area (Å²) in [7, 11) is 1.46. The van der Waals surface area contributed by atoms with E-state index in [0.717, 1.165) is 12.1 Å². The molecule has 0 heterocycles. The largest absolute Gasteiger partial charge is 0.495 e. The van der Waals surface area contributed by atoms with Crippen LogP contribution in [0.2, 0.25) is 0 Å². The van der Waals surface area contributed by atoms with Crippen molar-refractivity contribution in [3.05, 3.63) is 59.2 Å². The molecule has 0 fully saturated rings. The van der Waals surface area contributed by atoms with Crippen LogP contribution in [0.1, 0.15) is 15.9 Å². The molecule has 4 nitrogen and oxygen atoms in total. The van der Waals surface area contributed by atoms with Crippen molar-refractivity contribution in [2.24, 2.45) is 0 Å². The number of carboxylic acids is 1. The van der Waals surface area contributed by atoms with Crippen molar-refractivity contribution in [3.63, 3.8) is 0 Å². The highest BCUT2D eigenvalue weighted by Crippen LogP contribution is 2.26. The van der Waals surface area contributed by atoms with Crippen LogP contribution < -0.4 is 10.1 Å². The number of methoxy groups -OCH3 is 1. The van der Waals surface area contributed by atoms with Gasteiger partial charge in [-0.3, -0.25) is 0 Å². The first kappa shape index (κ1) is 14.8. The highest BCUT2D eigenvalue weighted by Gasteiger charge is 2.09. The molecular weight excluding hydrogens is 280 g/mol. The second-order valence-corrected chi connectivity index (χ2v) is 4.32. The van der Waals surface area contributed by atoms with E-state index in [-0.39, 0.29) is 12.1 Å². The maximum atomic E-state index is 13.1. The van der Waals surface area contributed by atoms with E-state index in [2.05, 4.69) is 5.32 Å². The van der Waals surface area contributed by atoms with Gasteiger partial charge in [0.2, 0.25) is 0 Å². The van der Waals surface area contributed by atoms with Crippen LogP contribution in [0, 0.1) is 11.6 Å². The quantitative estimate of drug-likeness (QED) is 0.888. The van der Waals surface area contributed by atoms with Crippen LogP contribution in [0.5, 0.6) is 5.75 Å². The molecule has 0 radical (unpaired) electrons. The molecule has 0 atom stereocenters. The Balaban J connectivity index is 2.19. The Morgan fingerprint density at radius 3 is 2.57 bits per heavy atom. The Kier molecular flexibility index (Phi) is 4.37. The fourth-order valence-corrected chi connectivity index (χ4v) is 1.83. The fourth-order valence-electron chi connectivity index (χ4n) is 1.83. The monoisotopic (exact) mass is 293 g/mol. The maximum Gasteiger partial charge on any atom is 0.335 e. The van der Waals surface area contributed by atoms with Crippen LogP contribution >= 0.6 is 0 Å². The number of carboxylic acid groups (broad SMARTS) is 1. The van der Waals surface area contributed by atoms with Crippen LogP contribution in [0.4, 0.5) is 14.5 Å². The standard InChI is InChI=1S/C15H13F2NO3/c1-21-14-5-3-10(15(19)20)7-13(14)18-8-9-2-4-11(16)12(17)6-9/h2-7,18H,8H2,1H3,(H,19,20). The van der Waals surface area contributed by atoms with E-state index < -0.39 is 17.6 Å². The minimum Gasteiger partial charge on any atom is -0.495 e. The van der Waals surface area contributed by atoms with Crippen molar-refractivity contribution in [2.75, 3.05) is 12.4 Å². The third-order valence-corrected chi connectivity index (χ3v) is 2.91. The van der Waals surface area contributed by atoms with E-state index >= 15 is 0 Å². The van der Waals surface area contributed by atoms with Gasteiger partial charge in [0.1, 0.15) is 5.75 Å². The van der Waals surface area contributed by atoms with E-state index in [0.29, 0.717) is 17.0 Å². The molecule has 2 N–H and O–H groups in total. The summed E-state index contributed by atoms with van der Waals surface area (Å²) in [4.78, 5) is 10.9. The van der Waals surface area contributed by atoms with E-state index in [1.165, 1.54) is 31.4 Å². The van der Waals surface area contributed by atoms with Crippen molar-refractivity contribution < 1.29 is 23.4 Å². The molecule has 0 saturated carbocycles. The second-order valence-electron chi connectivity index (χ2n) is 4.32. The first-order valence-electron chi connectivity index (χ1n) is 6.10. The van der Waals surface area contributed by atoms with Crippen LogP contribution in [0.15, 0.2) is 36.4 Å². The Hall–Kier alpha value is -2.63. The molecule has 0 amide bonds. The summed E-state index contributed by atoms with van der Waals surface area (Å²) in [5, 5.41) is 11.9. The van der Waals surface area contributed by atoms with E-state index in [1.54, 1.807) is 0 Å². The summed E-state index contributed by atoms with van der Waals surface area (Å²) in [6, 6.07) is 7.92. The highest BCUT2D eigenvalue weighted by atomic mass is 19.2. The molecule has 0 spiro atoms. The zero-order chi connectivity index (χ0) is 15.4. The molecule has 21 heavy (non-hydrogen) atoms. The van der Waals surface area contributed by atoms with Crippen LogP contribution in [0.25, 0.3) is 0 Å². The van der Waals surface area contributed by atoms with Crippen molar-refractivity contribution in [2.45, 2.75) is 6.54 Å². The van der Waals surface area contributed by atoms with Gasteiger partial charge >= 0.3 is 5.97 Å². The molecule has 2 aromatic carbocycles. The zero-order valence-electron chi connectivity index (χ0n) is 11.2. The lowest BCUT2D eigenvalue weighted by molar-refractivity contribution is 0.0697. The molecule has 0 bridgehead atoms. The average Bonchev–Trinajstić information content (AvgIpc) is 2.48. The van der Waals surface area contributed by atoms with Crippen molar-refractivity contribution in [1.82, 2.24) is 0 Å². The number of anilines is 1. The number of hydrogen-bond donors (Lipinski definition) is 2. The summed E-state index contributed by atoms with van der Waals surface area (Å²) < 4.78 is 31.1. The average molecular weight is 293 g/mol. The highest BCUT2D eigenvalue weighted by molar-refractivity contribution is 5.89. The third kappa shape index (κ3) is 3.47. The van der Waals surface area contributed by atoms with Gasteiger partial charge in [-0.25, -0.2) is 13.6 Å². The molecule has 2 rings (SSSR count). The van der Waals surface area contributed by atoms with Crippen molar-refractivity contribution in [1.29, 1.82) is 0 Å². The topological polar surface area (TPSA) is 58.6 Å². The molecule has 0 aliphatic rings. The molecule has 0 aliphatic carbocycles. The van der Waals surface area contributed by atoms with Gasteiger partial charge in [0.25, 0.3) is 0 Å². The number of carbonyl (C=O) groups is 1. The summed E-state index contributed by atoms with van der Waals surface area (Å²) in [5.41, 5.74) is 1.09. The summed E-state index contributed by atoms with van der Waals surface area (Å²) in [6.45, 7) is 0.205. The van der Waals surface area contributed by atoms with Crippen molar-refractivity contribution in [3.8, 4) is 5.75 Å². The Labute approximate surface area is 120 Å². The molecule has 6 heteroatoms. The Morgan fingerprint density at radius 1 is 1.19 bits per heavy atom.